The molecule has 0 aliphatic rings. The standard InChI is InChI=1S/C28H28F3N3O2/c1-3-4-16-32-27(35)20-14-15-25-24(17-20)33-26(19(2)36-22-11-6-5-7-12-22)34(25)18-21-10-8-9-13-23(21)28(29,30)31/h5-15,17,19H,3-4,16,18H2,1-2H3,(H,32,35). The maximum atomic E-state index is 13.7. The van der Waals surface area contributed by atoms with E-state index in [4.69, 9.17) is 9.72 Å². The summed E-state index contributed by atoms with van der Waals surface area (Å²) in [6.45, 7) is 4.37. The summed E-state index contributed by atoms with van der Waals surface area (Å²) in [5.74, 6) is 0.877. The van der Waals surface area contributed by atoms with Gasteiger partial charge in [-0.15, -0.1) is 0 Å². The van der Waals surface area contributed by atoms with Crippen LogP contribution in [-0.4, -0.2) is 22.0 Å². The summed E-state index contributed by atoms with van der Waals surface area (Å²) >= 11 is 0. The van der Waals surface area contributed by atoms with Crippen LogP contribution in [0.25, 0.3) is 11.0 Å². The van der Waals surface area contributed by atoms with Crippen molar-refractivity contribution in [2.75, 3.05) is 6.54 Å². The van der Waals surface area contributed by atoms with Gasteiger partial charge in [-0.25, -0.2) is 4.98 Å². The number of nitrogens with zero attached hydrogens (tertiary/aromatic N) is 2. The lowest BCUT2D eigenvalue weighted by Gasteiger charge is -2.19. The monoisotopic (exact) mass is 495 g/mol. The number of nitrogens with one attached hydrogen (secondary N) is 1. The molecule has 3 aromatic carbocycles. The molecule has 0 aliphatic carbocycles. The van der Waals surface area contributed by atoms with Crippen LogP contribution in [0.15, 0.2) is 72.8 Å². The van der Waals surface area contributed by atoms with E-state index in [1.807, 2.05) is 25.1 Å². The zero-order valence-corrected chi connectivity index (χ0v) is 20.2. The molecule has 188 valence electrons. The summed E-state index contributed by atoms with van der Waals surface area (Å²) in [6.07, 6.45) is -3.20. The summed E-state index contributed by atoms with van der Waals surface area (Å²) in [4.78, 5) is 17.3. The molecule has 5 nitrogen and oxygen atoms in total. The molecule has 1 unspecified atom stereocenters. The van der Waals surface area contributed by atoms with Gasteiger partial charge in [-0.05, 0) is 55.3 Å². The molecule has 0 aliphatic heterocycles. The Morgan fingerprint density at radius 3 is 2.50 bits per heavy atom. The van der Waals surface area contributed by atoms with E-state index in [-0.39, 0.29) is 18.0 Å². The van der Waals surface area contributed by atoms with E-state index in [0.717, 1.165) is 18.9 Å². The molecule has 1 atom stereocenters. The number of unbranched alkanes of at least 4 members (excludes halogenated alkanes) is 1. The van der Waals surface area contributed by atoms with E-state index in [1.165, 1.54) is 12.1 Å². The Labute approximate surface area is 207 Å². The maximum absolute atomic E-state index is 13.7. The van der Waals surface area contributed by atoms with Crippen molar-refractivity contribution in [3.8, 4) is 5.75 Å². The van der Waals surface area contributed by atoms with Gasteiger partial charge in [0.05, 0.1) is 23.1 Å². The van der Waals surface area contributed by atoms with Gasteiger partial charge in [-0.1, -0.05) is 49.7 Å². The highest BCUT2D eigenvalue weighted by atomic mass is 19.4. The van der Waals surface area contributed by atoms with Gasteiger partial charge in [0.2, 0.25) is 0 Å². The fourth-order valence-electron chi connectivity index (χ4n) is 4.11. The third-order valence-electron chi connectivity index (χ3n) is 5.93. The first-order valence-corrected chi connectivity index (χ1v) is 11.9. The van der Waals surface area contributed by atoms with Crippen molar-refractivity contribution < 1.29 is 22.7 Å². The molecule has 1 N–H and O–H groups in total. The van der Waals surface area contributed by atoms with Crippen molar-refractivity contribution in [2.45, 2.75) is 45.5 Å². The van der Waals surface area contributed by atoms with Crippen LogP contribution < -0.4 is 10.1 Å². The highest BCUT2D eigenvalue weighted by Gasteiger charge is 2.33. The van der Waals surface area contributed by atoms with Gasteiger partial charge < -0.3 is 14.6 Å². The Kier molecular flexibility index (Phi) is 7.62. The predicted octanol–water partition coefficient (Wildman–Crippen LogP) is 6.77. The molecule has 8 heteroatoms. The number of rotatable bonds is 9. The number of para-hydroxylation sites is 1. The smallest absolute Gasteiger partial charge is 0.416 e. The largest absolute Gasteiger partial charge is 0.483 e. The normalized spacial score (nSPS) is 12.5. The van der Waals surface area contributed by atoms with Gasteiger partial charge in [0, 0.05) is 12.1 Å². The number of amides is 1. The Balaban J connectivity index is 1.76. The van der Waals surface area contributed by atoms with E-state index in [9.17, 15) is 18.0 Å². The summed E-state index contributed by atoms with van der Waals surface area (Å²) in [7, 11) is 0. The molecule has 1 heterocycles. The van der Waals surface area contributed by atoms with Crippen molar-refractivity contribution in [1.29, 1.82) is 0 Å². The number of carbonyl (C=O) groups excluding carboxylic acids is 1. The SMILES string of the molecule is CCCCNC(=O)c1ccc2c(c1)nc(C(C)Oc1ccccc1)n2Cc1ccccc1C(F)(F)F. The third kappa shape index (κ3) is 5.70. The van der Waals surface area contributed by atoms with Crippen LogP contribution in [0.3, 0.4) is 0 Å². The lowest BCUT2D eigenvalue weighted by atomic mass is 10.1. The lowest BCUT2D eigenvalue weighted by molar-refractivity contribution is -0.138. The molecule has 0 radical (unpaired) electrons. The van der Waals surface area contributed by atoms with E-state index in [0.29, 0.717) is 34.7 Å². The Morgan fingerprint density at radius 2 is 1.78 bits per heavy atom. The van der Waals surface area contributed by atoms with Crippen molar-refractivity contribution in [3.05, 3.63) is 95.3 Å². The molecule has 4 aromatic rings. The molecular formula is C28H28F3N3O2. The fraction of sp³-hybridized carbons (Fsp3) is 0.286. The van der Waals surface area contributed by atoms with E-state index < -0.39 is 17.8 Å². The van der Waals surface area contributed by atoms with Crippen LogP contribution in [0.1, 0.15) is 60.1 Å². The quantitative estimate of drug-likeness (QED) is 0.261. The van der Waals surface area contributed by atoms with Gasteiger partial charge in [0.1, 0.15) is 5.75 Å². The van der Waals surface area contributed by atoms with Gasteiger partial charge in [-0.2, -0.15) is 13.2 Å². The number of carbonyl (C=O) groups is 1. The van der Waals surface area contributed by atoms with Crippen LogP contribution in [0.4, 0.5) is 13.2 Å². The average Bonchev–Trinajstić information content (AvgIpc) is 3.22. The second-order valence-electron chi connectivity index (χ2n) is 8.60. The molecule has 1 aromatic heterocycles. The first-order valence-electron chi connectivity index (χ1n) is 11.9. The Bertz CT molecular complexity index is 1330. The molecule has 0 bridgehead atoms. The van der Waals surface area contributed by atoms with E-state index in [1.54, 1.807) is 47.9 Å². The number of alkyl halides is 3. The molecule has 0 saturated heterocycles. The lowest BCUT2D eigenvalue weighted by Crippen LogP contribution is -2.24. The number of benzene rings is 3. The number of hydrogen-bond donors (Lipinski definition) is 1. The topological polar surface area (TPSA) is 56.1 Å². The predicted molar refractivity (Wildman–Crippen MR) is 133 cm³/mol. The fourth-order valence-corrected chi connectivity index (χ4v) is 4.11. The number of hydrogen-bond acceptors (Lipinski definition) is 3. The molecule has 1 amide bonds. The number of imidazole rings is 1. The number of halogens is 3. The van der Waals surface area contributed by atoms with E-state index in [2.05, 4.69) is 5.32 Å². The molecule has 0 fully saturated rings. The summed E-state index contributed by atoms with van der Waals surface area (Å²) in [5, 5.41) is 2.88. The van der Waals surface area contributed by atoms with Crippen LogP contribution in [0.5, 0.6) is 5.75 Å². The minimum Gasteiger partial charge on any atom is -0.483 e. The first kappa shape index (κ1) is 25.3. The molecule has 0 spiro atoms. The van der Waals surface area contributed by atoms with E-state index >= 15 is 0 Å². The van der Waals surface area contributed by atoms with Gasteiger partial charge in [0.15, 0.2) is 11.9 Å². The number of fused-ring (bicyclic) bond motifs is 1. The van der Waals surface area contributed by atoms with Crippen LogP contribution in [-0.2, 0) is 12.7 Å². The Hall–Kier alpha value is -3.81. The first-order chi connectivity index (χ1) is 17.3. The van der Waals surface area contributed by atoms with Crippen molar-refractivity contribution in [3.63, 3.8) is 0 Å². The van der Waals surface area contributed by atoms with Crippen LogP contribution >= 0.6 is 0 Å². The zero-order chi connectivity index (χ0) is 25.7. The average molecular weight is 496 g/mol. The summed E-state index contributed by atoms with van der Waals surface area (Å²) in [5.41, 5.74) is 1.01. The third-order valence-corrected chi connectivity index (χ3v) is 5.93. The second-order valence-corrected chi connectivity index (χ2v) is 8.60. The molecule has 36 heavy (non-hydrogen) atoms. The van der Waals surface area contributed by atoms with Crippen molar-refractivity contribution >= 4 is 16.9 Å². The highest BCUT2D eigenvalue weighted by Crippen LogP contribution is 2.34. The second kappa shape index (κ2) is 10.8. The van der Waals surface area contributed by atoms with Crippen LogP contribution in [0, 0.1) is 0 Å². The van der Waals surface area contributed by atoms with Gasteiger partial charge in [-0.3, -0.25) is 4.79 Å². The Morgan fingerprint density at radius 1 is 1.06 bits per heavy atom. The molecule has 4 rings (SSSR count). The van der Waals surface area contributed by atoms with Gasteiger partial charge in [0.25, 0.3) is 5.91 Å². The minimum absolute atomic E-state index is 0.0496. The van der Waals surface area contributed by atoms with Crippen molar-refractivity contribution in [2.24, 2.45) is 0 Å². The minimum atomic E-state index is -4.48. The number of aromatic nitrogens is 2. The molecular weight excluding hydrogens is 467 g/mol. The number of ether oxygens (including phenoxy) is 1. The summed E-state index contributed by atoms with van der Waals surface area (Å²) < 4.78 is 48.9. The molecule has 0 saturated carbocycles. The van der Waals surface area contributed by atoms with Crippen molar-refractivity contribution in [1.82, 2.24) is 14.9 Å². The zero-order valence-electron chi connectivity index (χ0n) is 20.2. The maximum Gasteiger partial charge on any atom is 0.416 e. The summed E-state index contributed by atoms with van der Waals surface area (Å²) in [6, 6.07) is 19.7. The highest BCUT2D eigenvalue weighted by molar-refractivity contribution is 5.97. The van der Waals surface area contributed by atoms with Gasteiger partial charge >= 0.3 is 6.18 Å². The van der Waals surface area contributed by atoms with Crippen LogP contribution in [0.2, 0.25) is 0 Å².